The first-order chi connectivity index (χ1) is 9.60. The van der Waals surface area contributed by atoms with Crippen molar-refractivity contribution in [2.45, 2.75) is 25.0 Å². The molecular formula is C15H20N2O3. The largest absolute Gasteiger partial charge is 0.368 e. The third kappa shape index (κ3) is 4.51. The van der Waals surface area contributed by atoms with Crippen LogP contribution in [0.25, 0.3) is 0 Å². The molecule has 20 heavy (non-hydrogen) atoms. The van der Waals surface area contributed by atoms with E-state index in [9.17, 15) is 9.59 Å². The van der Waals surface area contributed by atoms with Gasteiger partial charge in [-0.3, -0.25) is 9.59 Å². The summed E-state index contributed by atoms with van der Waals surface area (Å²) in [5.41, 5.74) is 6.00. The highest BCUT2D eigenvalue weighted by Crippen LogP contribution is 2.16. The van der Waals surface area contributed by atoms with Crippen molar-refractivity contribution in [1.82, 2.24) is 5.32 Å². The summed E-state index contributed by atoms with van der Waals surface area (Å²) in [6.07, 6.45) is 1.93. The number of hydrogen-bond donors (Lipinski definition) is 2. The van der Waals surface area contributed by atoms with Gasteiger partial charge in [0, 0.05) is 7.11 Å². The van der Waals surface area contributed by atoms with Gasteiger partial charge < -0.3 is 15.8 Å². The Morgan fingerprint density at radius 2 is 2.05 bits per heavy atom. The molecule has 0 unspecified atom stereocenters. The second-order valence-electron chi connectivity index (χ2n) is 4.36. The first-order valence-corrected chi connectivity index (χ1v) is 6.38. The number of amides is 2. The third-order valence-electron chi connectivity index (χ3n) is 2.90. The summed E-state index contributed by atoms with van der Waals surface area (Å²) in [6, 6.07) is 8.34. The van der Waals surface area contributed by atoms with Crippen LogP contribution in [0.1, 0.15) is 24.5 Å². The Morgan fingerprint density at radius 3 is 2.55 bits per heavy atom. The standard InChI is InChI=1S/C15H20N2O3/c1-3-4-10-12(14(16)18)17-15(19)13(20-2)11-8-6-5-7-9-11/h3,5-9,12-13H,1,4,10H2,2H3,(H2,16,18)(H,17,19)/t12-,13-/m0/s1. The lowest BCUT2D eigenvalue weighted by atomic mass is 10.1. The number of carbonyl (C=O) groups is 2. The lowest BCUT2D eigenvalue weighted by molar-refractivity contribution is -0.135. The van der Waals surface area contributed by atoms with Crippen molar-refractivity contribution in [2.24, 2.45) is 5.73 Å². The van der Waals surface area contributed by atoms with Gasteiger partial charge in [-0.25, -0.2) is 0 Å². The molecule has 1 rings (SSSR count). The van der Waals surface area contributed by atoms with Gasteiger partial charge in [0.2, 0.25) is 5.91 Å². The van der Waals surface area contributed by atoms with E-state index in [-0.39, 0.29) is 5.91 Å². The van der Waals surface area contributed by atoms with E-state index in [1.807, 2.05) is 18.2 Å². The molecule has 2 amide bonds. The maximum atomic E-state index is 12.2. The summed E-state index contributed by atoms with van der Waals surface area (Å²) < 4.78 is 5.20. The molecule has 0 saturated heterocycles. The van der Waals surface area contributed by atoms with Gasteiger partial charge in [-0.2, -0.15) is 0 Å². The van der Waals surface area contributed by atoms with Crippen molar-refractivity contribution in [1.29, 1.82) is 0 Å². The van der Waals surface area contributed by atoms with Gasteiger partial charge in [-0.15, -0.1) is 6.58 Å². The minimum Gasteiger partial charge on any atom is -0.368 e. The molecule has 0 bridgehead atoms. The van der Waals surface area contributed by atoms with Gasteiger partial charge in [-0.1, -0.05) is 36.4 Å². The predicted molar refractivity (Wildman–Crippen MR) is 76.7 cm³/mol. The maximum absolute atomic E-state index is 12.2. The van der Waals surface area contributed by atoms with Crippen LogP contribution in [0.2, 0.25) is 0 Å². The second-order valence-corrected chi connectivity index (χ2v) is 4.36. The quantitative estimate of drug-likeness (QED) is 0.702. The molecule has 5 heteroatoms. The van der Waals surface area contributed by atoms with Gasteiger partial charge >= 0.3 is 0 Å². The van der Waals surface area contributed by atoms with Gasteiger partial charge in [0.15, 0.2) is 6.10 Å². The first-order valence-electron chi connectivity index (χ1n) is 6.38. The average Bonchev–Trinajstić information content (AvgIpc) is 2.45. The van der Waals surface area contributed by atoms with E-state index in [4.69, 9.17) is 10.5 Å². The number of allylic oxidation sites excluding steroid dienone is 1. The number of methoxy groups -OCH3 is 1. The number of rotatable bonds is 8. The fourth-order valence-electron chi connectivity index (χ4n) is 1.84. The Kier molecular flexibility index (Phi) is 6.46. The molecule has 1 aromatic rings. The molecule has 108 valence electrons. The van der Waals surface area contributed by atoms with E-state index in [1.165, 1.54) is 7.11 Å². The number of hydrogen-bond acceptors (Lipinski definition) is 3. The zero-order chi connectivity index (χ0) is 15.0. The molecular weight excluding hydrogens is 256 g/mol. The van der Waals surface area contributed by atoms with Crippen molar-refractivity contribution in [3.63, 3.8) is 0 Å². The molecule has 2 atom stereocenters. The Morgan fingerprint density at radius 1 is 1.40 bits per heavy atom. The highest BCUT2D eigenvalue weighted by Gasteiger charge is 2.24. The maximum Gasteiger partial charge on any atom is 0.254 e. The fraction of sp³-hybridized carbons (Fsp3) is 0.333. The molecule has 1 aromatic carbocycles. The minimum absolute atomic E-state index is 0.383. The SMILES string of the molecule is C=CCC[C@H](NC(=O)[C@@H](OC)c1ccccc1)C(N)=O. The molecule has 0 radical (unpaired) electrons. The zero-order valence-electron chi connectivity index (χ0n) is 11.5. The van der Waals surface area contributed by atoms with Crippen molar-refractivity contribution in [3.05, 3.63) is 48.6 Å². The van der Waals surface area contributed by atoms with Gasteiger partial charge in [0.25, 0.3) is 5.91 Å². The number of carbonyl (C=O) groups excluding carboxylic acids is 2. The lowest BCUT2D eigenvalue weighted by Crippen LogP contribution is -2.46. The predicted octanol–water partition coefficient (Wildman–Crippen LogP) is 1.31. The summed E-state index contributed by atoms with van der Waals surface area (Å²) in [6.45, 7) is 3.58. The number of benzene rings is 1. The number of nitrogens with two attached hydrogens (primary N) is 1. The monoisotopic (exact) mass is 276 g/mol. The van der Waals surface area contributed by atoms with E-state index in [0.717, 1.165) is 5.56 Å². The van der Waals surface area contributed by atoms with Gasteiger partial charge in [0.05, 0.1) is 0 Å². The topological polar surface area (TPSA) is 81.4 Å². The molecule has 0 spiro atoms. The highest BCUT2D eigenvalue weighted by molar-refractivity contribution is 5.89. The normalized spacial score (nSPS) is 13.2. The number of primary amides is 1. The molecule has 3 N–H and O–H groups in total. The first kappa shape index (κ1) is 15.9. The van der Waals surface area contributed by atoms with Crippen LogP contribution in [0.3, 0.4) is 0 Å². The smallest absolute Gasteiger partial charge is 0.254 e. The van der Waals surface area contributed by atoms with Crippen LogP contribution < -0.4 is 11.1 Å². The Hall–Kier alpha value is -2.14. The van der Waals surface area contributed by atoms with E-state index < -0.39 is 18.1 Å². The summed E-state index contributed by atoms with van der Waals surface area (Å²) in [5.74, 6) is -0.949. The van der Waals surface area contributed by atoms with E-state index in [1.54, 1.807) is 18.2 Å². The highest BCUT2D eigenvalue weighted by atomic mass is 16.5. The molecule has 0 aliphatic heterocycles. The Labute approximate surface area is 118 Å². The van der Waals surface area contributed by atoms with E-state index >= 15 is 0 Å². The van der Waals surface area contributed by atoms with Crippen LogP contribution in [0.15, 0.2) is 43.0 Å². The Balaban J connectivity index is 2.75. The summed E-state index contributed by atoms with van der Waals surface area (Å²) in [7, 11) is 1.44. The fourth-order valence-corrected chi connectivity index (χ4v) is 1.84. The molecule has 5 nitrogen and oxygen atoms in total. The second kappa shape index (κ2) is 8.12. The van der Waals surface area contributed by atoms with E-state index in [2.05, 4.69) is 11.9 Å². The molecule has 0 aliphatic rings. The number of nitrogens with one attached hydrogen (secondary N) is 1. The molecule has 0 aromatic heterocycles. The molecule has 0 fully saturated rings. The van der Waals surface area contributed by atoms with Crippen molar-refractivity contribution < 1.29 is 14.3 Å². The van der Waals surface area contributed by atoms with Crippen LogP contribution >= 0.6 is 0 Å². The van der Waals surface area contributed by atoms with Gasteiger partial charge in [-0.05, 0) is 18.4 Å². The average molecular weight is 276 g/mol. The number of ether oxygens (including phenoxy) is 1. The van der Waals surface area contributed by atoms with Crippen LogP contribution in [0.4, 0.5) is 0 Å². The van der Waals surface area contributed by atoms with Crippen molar-refractivity contribution in [2.75, 3.05) is 7.11 Å². The molecule has 0 saturated carbocycles. The van der Waals surface area contributed by atoms with E-state index in [0.29, 0.717) is 12.8 Å². The van der Waals surface area contributed by atoms with Crippen LogP contribution in [0, 0.1) is 0 Å². The zero-order valence-corrected chi connectivity index (χ0v) is 11.5. The van der Waals surface area contributed by atoms with Crippen LogP contribution in [-0.2, 0) is 14.3 Å². The minimum atomic E-state index is -0.762. The van der Waals surface area contributed by atoms with Gasteiger partial charge in [0.1, 0.15) is 6.04 Å². The summed E-state index contributed by atoms with van der Waals surface area (Å²) in [5, 5.41) is 2.61. The van der Waals surface area contributed by atoms with Crippen molar-refractivity contribution in [3.8, 4) is 0 Å². The van der Waals surface area contributed by atoms with Crippen molar-refractivity contribution >= 4 is 11.8 Å². The third-order valence-corrected chi connectivity index (χ3v) is 2.90. The van der Waals surface area contributed by atoms with Crippen LogP contribution in [-0.4, -0.2) is 25.0 Å². The molecule has 0 aliphatic carbocycles. The lowest BCUT2D eigenvalue weighted by Gasteiger charge is -2.20. The Bertz CT molecular complexity index is 459. The molecule has 0 heterocycles. The summed E-state index contributed by atoms with van der Waals surface area (Å²) in [4.78, 5) is 23.5. The summed E-state index contributed by atoms with van der Waals surface area (Å²) >= 11 is 0. The van der Waals surface area contributed by atoms with Crippen LogP contribution in [0.5, 0.6) is 0 Å².